The molecule has 0 bridgehead atoms. The topological polar surface area (TPSA) is 30.5 Å². The number of benzene rings is 1. The molecule has 1 aromatic rings. The largest absolute Gasteiger partial charge is 0.496 e. The molecule has 4 heteroatoms. The quantitative estimate of drug-likeness (QED) is 0.737. The highest BCUT2D eigenvalue weighted by Gasteiger charge is 2.03. The fourth-order valence-corrected chi connectivity index (χ4v) is 1.77. The van der Waals surface area contributed by atoms with E-state index < -0.39 is 0 Å². The molecule has 0 spiro atoms. The molecule has 0 heterocycles. The molecule has 1 rings (SSSR count). The summed E-state index contributed by atoms with van der Waals surface area (Å²) in [7, 11) is 1.67. The average molecular weight is 272 g/mol. The lowest BCUT2D eigenvalue weighted by Gasteiger charge is -2.11. The van der Waals surface area contributed by atoms with Gasteiger partial charge in [0.15, 0.2) is 0 Å². The van der Waals surface area contributed by atoms with Crippen LogP contribution in [0.25, 0.3) is 0 Å². The van der Waals surface area contributed by atoms with Crippen molar-refractivity contribution in [3.63, 3.8) is 0 Å². The van der Waals surface area contributed by atoms with Crippen molar-refractivity contribution in [3.8, 4) is 5.75 Å². The van der Waals surface area contributed by atoms with Gasteiger partial charge in [0, 0.05) is 30.3 Å². The number of hydrogen-bond acceptors (Lipinski definition) is 3. The minimum Gasteiger partial charge on any atom is -0.496 e. The molecule has 3 nitrogen and oxygen atoms in total. The van der Waals surface area contributed by atoms with Crippen molar-refractivity contribution in [2.45, 2.75) is 20.4 Å². The van der Waals surface area contributed by atoms with Crippen molar-refractivity contribution in [3.05, 3.63) is 28.8 Å². The molecule has 0 aliphatic carbocycles. The molecule has 0 unspecified atom stereocenters. The van der Waals surface area contributed by atoms with Crippen LogP contribution in [-0.2, 0) is 11.3 Å². The van der Waals surface area contributed by atoms with Crippen LogP contribution < -0.4 is 10.1 Å². The van der Waals surface area contributed by atoms with Crippen LogP contribution in [0.2, 0.25) is 5.02 Å². The van der Waals surface area contributed by atoms with E-state index in [1.807, 2.05) is 18.2 Å². The molecular weight excluding hydrogens is 250 g/mol. The van der Waals surface area contributed by atoms with Crippen molar-refractivity contribution >= 4 is 11.6 Å². The van der Waals surface area contributed by atoms with Crippen LogP contribution in [0.1, 0.15) is 19.4 Å². The van der Waals surface area contributed by atoms with E-state index in [4.69, 9.17) is 21.1 Å². The van der Waals surface area contributed by atoms with Gasteiger partial charge in [0.2, 0.25) is 0 Å². The first-order valence-electron chi connectivity index (χ1n) is 6.24. The van der Waals surface area contributed by atoms with Crippen LogP contribution in [0.15, 0.2) is 18.2 Å². The first-order chi connectivity index (χ1) is 8.63. The summed E-state index contributed by atoms with van der Waals surface area (Å²) in [4.78, 5) is 0. The van der Waals surface area contributed by atoms with E-state index in [2.05, 4.69) is 19.2 Å². The highest BCUT2D eigenvalue weighted by molar-refractivity contribution is 6.30. The molecule has 0 fully saturated rings. The molecule has 0 atom stereocenters. The minimum absolute atomic E-state index is 0.582. The van der Waals surface area contributed by atoms with Gasteiger partial charge in [-0.1, -0.05) is 25.4 Å². The first kappa shape index (κ1) is 15.3. The monoisotopic (exact) mass is 271 g/mol. The highest BCUT2D eigenvalue weighted by atomic mass is 35.5. The van der Waals surface area contributed by atoms with Gasteiger partial charge in [-0.25, -0.2) is 0 Å². The molecule has 0 aromatic heterocycles. The molecule has 0 saturated carbocycles. The Morgan fingerprint density at radius 1 is 1.33 bits per heavy atom. The molecule has 0 amide bonds. The van der Waals surface area contributed by atoms with Gasteiger partial charge in [-0.05, 0) is 24.1 Å². The number of nitrogens with one attached hydrogen (secondary N) is 1. The molecule has 0 radical (unpaired) electrons. The Bertz CT molecular complexity index is 356. The molecule has 0 saturated heterocycles. The van der Waals surface area contributed by atoms with E-state index >= 15 is 0 Å². The van der Waals surface area contributed by atoms with Crippen molar-refractivity contribution in [2.75, 3.05) is 26.9 Å². The molecule has 18 heavy (non-hydrogen) atoms. The second-order valence-corrected chi connectivity index (χ2v) is 5.04. The summed E-state index contributed by atoms with van der Waals surface area (Å²) < 4.78 is 10.8. The summed E-state index contributed by atoms with van der Waals surface area (Å²) in [6.45, 7) is 7.37. The molecule has 102 valence electrons. The Hall–Kier alpha value is -0.770. The van der Waals surface area contributed by atoms with E-state index in [0.717, 1.165) is 42.6 Å². The van der Waals surface area contributed by atoms with Crippen LogP contribution in [0, 0.1) is 5.92 Å². The predicted molar refractivity (Wildman–Crippen MR) is 75.4 cm³/mol. The van der Waals surface area contributed by atoms with Crippen LogP contribution in [0.3, 0.4) is 0 Å². The zero-order valence-corrected chi connectivity index (χ0v) is 12.1. The smallest absolute Gasteiger partial charge is 0.123 e. The Morgan fingerprint density at radius 3 is 2.78 bits per heavy atom. The Kier molecular flexibility index (Phi) is 7.09. The van der Waals surface area contributed by atoms with Crippen LogP contribution in [0.5, 0.6) is 5.75 Å². The maximum atomic E-state index is 5.96. The van der Waals surface area contributed by atoms with Crippen molar-refractivity contribution < 1.29 is 9.47 Å². The van der Waals surface area contributed by atoms with E-state index in [-0.39, 0.29) is 0 Å². The summed E-state index contributed by atoms with van der Waals surface area (Å²) in [5.74, 6) is 1.44. The maximum absolute atomic E-state index is 5.96. The second-order valence-electron chi connectivity index (χ2n) is 4.60. The van der Waals surface area contributed by atoms with Gasteiger partial charge < -0.3 is 14.8 Å². The zero-order valence-electron chi connectivity index (χ0n) is 11.3. The van der Waals surface area contributed by atoms with E-state index in [0.29, 0.717) is 5.92 Å². The zero-order chi connectivity index (χ0) is 13.4. The summed E-state index contributed by atoms with van der Waals surface area (Å²) in [5, 5.41) is 4.04. The maximum Gasteiger partial charge on any atom is 0.123 e. The lowest BCUT2D eigenvalue weighted by Crippen LogP contribution is -2.20. The lowest BCUT2D eigenvalue weighted by molar-refractivity contribution is 0.111. The summed E-state index contributed by atoms with van der Waals surface area (Å²) in [6.07, 6.45) is 0. The van der Waals surface area contributed by atoms with Crippen LogP contribution >= 0.6 is 11.6 Å². The fourth-order valence-electron chi connectivity index (χ4n) is 1.57. The van der Waals surface area contributed by atoms with Crippen molar-refractivity contribution in [2.24, 2.45) is 5.92 Å². The standard InChI is InChI=1S/C14H22ClNO2/c1-11(2)10-18-7-6-16-9-12-8-13(15)4-5-14(12)17-3/h4-5,8,11,16H,6-7,9-10H2,1-3H3. The summed E-state index contributed by atoms with van der Waals surface area (Å²) in [5.41, 5.74) is 1.06. The summed E-state index contributed by atoms with van der Waals surface area (Å²) in [6, 6.07) is 5.63. The lowest BCUT2D eigenvalue weighted by atomic mass is 10.2. The third-order valence-electron chi connectivity index (χ3n) is 2.43. The molecule has 1 aromatic carbocycles. The second kappa shape index (κ2) is 8.35. The number of methoxy groups -OCH3 is 1. The van der Waals surface area contributed by atoms with E-state index in [9.17, 15) is 0 Å². The van der Waals surface area contributed by atoms with Crippen LogP contribution in [0.4, 0.5) is 0 Å². The summed E-state index contributed by atoms with van der Waals surface area (Å²) >= 11 is 5.96. The van der Waals surface area contributed by atoms with E-state index in [1.54, 1.807) is 7.11 Å². The molecular formula is C14H22ClNO2. The molecule has 1 N–H and O–H groups in total. The van der Waals surface area contributed by atoms with Gasteiger partial charge in [0.1, 0.15) is 5.75 Å². The number of ether oxygens (including phenoxy) is 2. The van der Waals surface area contributed by atoms with Gasteiger partial charge in [-0.3, -0.25) is 0 Å². The Labute approximate surface area is 114 Å². The van der Waals surface area contributed by atoms with Gasteiger partial charge in [0.05, 0.1) is 13.7 Å². The minimum atomic E-state index is 0.582. The predicted octanol–water partition coefficient (Wildman–Crippen LogP) is 3.11. The number of hydrogen-bond donors (Lipinski definition) is 1. The van der Waals surface area contributed by atoms with E-state index in [1.165, 1.54) is 0 Å². The van der Waals surface area contributed by atoms with Gasteiger partial charge in [-0.2, -0.15) is 0 Å². The SMILES string of the molecule is COc1ccc(Cl)cc1CNCCOCC(C)C. The molecule has 0 aliphatic heterocycles. The van der Waals surface area contributed by atoms with Gasteiger partial charge in [0.25, 0.3) is 0 Å². The third kappa shape index (κ3) is 5.71. The van der Waals surface area contributed by atoms with Crippen molar-refractivity contribution in [1.29, 1.82) is 0 Å². The molecule has 0 aliphatic rings. The average Bonchev–Trinajstić information content (AvgIpc) is 2.33. The van der Waals surface area contributed by atoms with Gasteiger partial charge in [-0.15, -0.1) is 0 Å². The number of halogens is 1. The highest BCUT2D eigenvalue weighted by Crippen LogP contribution is 2.22. The normalized spacial score (nSPS) is 10.9. The van der Waals surface area contributed by atoms with Gasteiger partial charge >= 0.3 is 0 Å². The number of rotatable bonds is 8. The first-order valence-corrected chi connectivity index (χ1v) is 6.62. The van der Waals surface area contributed by atoms with Crippen molar-refractivity contribution in [1.82, 2.24) is 5.32 Å². The Morgan fingerprint density at radius 2 is 2.11 bits per heavy atom. The van der Waals surface area contributed by atoms with Crippen LogP contribution in [-0.4, -0.2) is 26.9 Å². The fraction of sp³-hybridized carbons (Fsp3) is 0.571. The third-order valence-corrected chi connectivity index (χ3v) is 2.67. The Balaban J connectivity index is 2.28.